The van der Waals surface area contributed by atoms with E-state index in [0.29, 0.717) is 33.5 Å². The number of fused-ring (bicyclic) bond motifs is 6. The molecule has 8 aromatic carbocycles. The van der Waals surface area contributed by atoms with Crippen molar-refractivity contribution in [3.63, 3.8) is 0 Å². The quantitative estimate of drug-likeness (QED) is 0.141. The molecule has 0 saturated carbocycles. The first-order valence-corrected chi connectivity index (χ1v) is 24.8. The summed E-state index contributed by atoms with van der Waals surface area (Å²) in [5, 5.41) is 26.2. The van der Waals surface area contributed by atoms with E-state index < -0.39 is 0 Å². The molecule has 5 heterocycles. The second kappa shape index (κ2) is 18.1. The zero-order valence-corrected chi connectivity index (χ0v) is 39.8. The monoisotopic (exact) mass is 946 g/mol. The molecule has 0 spiro atoms. The van der Waals surface area contributed by atoms with Gasteiger partial charge in [0.25, 0.3) is 0 Å². The van der Waals surface area contributed by atoms with Crippen molar-refractivity contribution >= 4 is 54.9 Å². The van der Waals surface area contributed by atoms with Crippen molar-refractivity contribution in [3.05, 3.63) is 242 Å². The summed E-state index contributed by atoms with van der Waals surface area (Å²) in [7, 11) is 0. The Morgan fingerprint density at radius 2 is 0.603 bits per heavy atom. The van der Waals surface area contributed by atoms with Crippen molar-refractivity contribution < 1.29 is 0 Å². The highest BCUT2D eigenvalue weighted by atomic mass is 32.1. The summed E-state index contributed by atoms with van der Waals surface area (Å²) in [6.07, 6.45) is 0. The van der Waals surface area contributed by atoms with Crippen LogP contribution in [-0.2, 0) is 0 Å². The molecule has 13 aromatic rings. The molecule has 0 aliphatic carbocycles. The minimum absolute atomic E-state index is 0.455. The lowest BCUT2D eigenvalue weighted by molar-refractivity contribution is 1.35. The molecule has 0 bridgehead atoms. The Hall–Kier alpha value is -9.92. The molecule has 0 fully saturated rings. The molecular weight excluding hydrogens is 909 g/mol. The molecule has 0 aliphatic rings. The van der Waals surface area contributed by atoms with Crippen molar-refractivity contribution in [1.29, 1.82) is 10.5 Å². The van der Waals surface area contributed by atoms with Gasteiger partial charge < -0.3 is 0 Å². The fourth-order valence-electron chi connectivity index (χ4n) is 10.2. The van der Waals surface area contributed by atoms with Crippen LogP contribution in [0.25, 0.3) is 132 Å². The number of hydrogen-bond acceptors (Lipinski definition) is 7. The molecule has 0 aliphatic heterocycles. The van der Waals surface area contributed by atoms with Crippen LogP contribution in [0.2, 0.25) is 0 Å². The van der Waals surface area contributed by atoms with E-state index in [0.717, 1.165) is 109 Å². The van der Waals surface area contributed by atoms with Crippen molar-refractivity contribution in [2.75, 3.05) is 0 Å². The smallest absolute Gasteiger partial charge is 0.102 e. The van der Waals surface area contributed by atoms with E-state index in [9.17, 15) is 10.5 Å². The number of nitriles is 2. The summed E-state index contributed by atoms with van der Waals surface area (Å²) in [6.45, 7) is 0. The van der Waals surface area contributed by atoms with Gasteiger partial charge in [-0.25, -0.2) is 19.9 Å². The van der Waals surface area contributed by atoms with Crippen LogP contribution in [0.5, 0.6) is 0 Å². The Morgan fingerprint density at radius 1 is 0.301 bits per heavy atom. The van der Waals surface area contributed by atoms with Crippen LogP contribution >= 0.6 is 11.3 Å². The molecule has 0 unspecified atom stereocenters. The van der Waals surface area contributed by atoms with Crippen LogP contribution in [-0.4, -0.2) is 19.9 Å². The first kappa shape index (κ1) is 43.1. The van der Waals surface area contributed by atoms with E-state index in [-0.39, 0.29) is 0 Å². The van der Waals surface area contributed by atoms with Gasteiger partial charge in [0.05, 0.1) is 56.0 Å². The third-order valence-corrected chi connectivity index (χ3v) is 14.7. The van der Waals surface area contributed by atoms with Crippen LogP contribution < -0.4 is 0 Å². The number of pyridine rings is 4. The van der Waals surface area contributed by atoms with E-state index in [4.69, 9.17) is 19.9 Å². The fraction of sp³-hybridized carbons (Fsp3) is 0. The Bertz CT molecular complexity index is 4080. The van der Waals surface area contributed by atoms with Gasteiger partial charge in [-0.15, -0.1) is 11.3 Å². The second-order valence-electron chi connectivity index (χ2n) is 17.8. The summed E-state index contributed by atoms with van der Waals surface area (Å²) in [5.74, 6) is 0. The number of nitrogens with zero attached hydrogens (tertiary/aromatic N) is 6. The zero-order chi connectivity index (χ0) is 48.8. The molecule has 0 saturated heterocycles. The summed E-state index contributed by atoms with van der Waals surface area (Å²) >= 11 is 1.55. The van der Waals surface area contributed by atoms with E-state index in [1.807, 2.05) is 109 Å². The highest BCUT2D eigenvalue weighted by Crippen LogP contribution is 2.48. The van der Waals surface area contributed by atoms with Gasteiger partial charge in [-0.1, -0.05) is 206 Å². The lowest BCUT2D eigenvalue weighted by Crippen LogP contribution is -1.99. The maximum atomic E-state index is 11.3. The topological polar surface area (TPSA) is 99.1 Å². The molecule has 13 rings (SSSR count). The van der Waals surface area contributed by atoms with E-state index in [1.165, 1.54) is 0 Å². The molecule has 5 aromatic heterocycles. The fourth-order valence-corrected chi connectivity index (χ4v) is 11.3. The van der Waals surface area contributed by atoms with Crippen molar-refractivity contribution in [2.45, 2.75) is 0 Å². The molecule has 338 valence electrons. The van der Waals surface area contributed by atoms with Crippen molar-refractivity contribution in [3.8, 4) is 100 Å². The average molecular weight is 947 g/mol. The molecular formula is C66H38N6S. The standard InChI is InChI=1S/C66H38N6S/c67-39-53-59(49-33-31-47-51(41-19-7-1-8-20-41)37-55(43-23-11-3-12-24-43)69-63(47)65(49)71-61(53)45-27-15-5-16-28-45)57-35-36-58(73-57)60-50-34-32-48-52(42-21-9-2-10-22-42)38-56(44-25-13-4-14-26-44)70-64(48)66(50)72-62(54(60)40-68)46-29-17-6-18-30-46/h1-38H. The predicted molar refractivity (Wildman–Crippen MR) is 298 cm³/mol. The van der Waals surface area contributed by atoms with E-state index in [2.05, 4.69) is 133 Å². The molecule has 0 N–H and O–H groups in total. The highest BCUT2D eigenvalue weighted by molar-refractivity contribution is 7.19. The summed E-state index contributed by atoms with van der Waals surface area (Å²) < 4.78 is 0. The third-order valence-electron chi connectivity index (χ3n) is 13.6. The maximum Gasteiger partial charge on any atom is 0.102 e. The van der Waals surface area contributed by atoms with Gasteiger partial charge in [0.1, 0.15) is 12.1 Å². The Kier molecular flexibility index (Phi) is 10.7. The summed E-state index contributed by atoms with van der Waals surface area (Å²) in [6, 6.07) is 83.2. The van der Waals surface area contributed by atoms with E-state index in [1.54, 1.807) is 11.3 Å². The lowest BCUT2D eigenvalue weighted by Gasteiger charge is -2.17. The average Bonchev–Trinajstić information content (AvgIpc) is 3.96. The number of hydrogen-bond donors (Lipinski definition) is 0. The van der Waals surface area contributed by atoms with Gasteiger partial charge in [-0.2, -0.15) is 10.5 Å². The molecule has 6 nitrogen and oxygen atoms in total. The normalized spacial score (nSPS) is 11.3. The number of aromatic nitrogens is 4. The minimum atomic E-state index is 0.455. The third kappa shape index (κ3) is 7.48. The summed E-state index contributed by atoms with van der Waals surface area (Å²) in [4.78, 5) is 23.4. The molecule has 73 heavy (non-hydrogen) atoms. The van der Waals surface area contributed by atoms with Gasteiger partial charge in [0, 0.05) is 64.7 Å². The summed E-state index contributed by atoms with van der Waals surface area (Å²) in [5.41, 5.74) is 15.9. The van der Waals surface area contributed by atoms with Gasteiger partial charge in [0.2, 0.25) is 0 Å². The highest BCUT2D eigenvalue weighted by Gasteiger charge is 2.26. The number of rotatable bonds is 8. The van der Waals surface area contributed by atoms with Crippen LogP contribution in [0.4, 0.5) is 0 Å². The molecule has 0 amide bonds. The van der Waals surface area contributed by atoms with Crippen molar-refractivity contribution in [2.24, 2.45) is 0 Å². The molecule has 0 radical (unpaired) electrons. The van der Waals surface area contributed by atoms with Crippen LogP contribution in [0.1, 0.15) is 11.1 Å². The minimum Gasteiger partial charge on any atom is -0.245 e. The molecule has 7 heteroatoms. The Labute approximate surface area is 425 Å². The first-order chi connectivity index (χ1) is 36.1. The van der Waals surface area contributed by atoms with Crippen LogP contribution in [0.3, 0.4) is 0 Å². The Balaban J connectivity index is 1.11. The predicted octanol–water partition coefficient (Wildman–Crippen LogP) is 17.0. The second-order valence-corrected chi connectivity index (χ2v) is 18.9. The van der Waals surface area contributed by atoms with Gasteiger partial charge >= 0.3 is 0 Å². The number of thiophene rings is 1. The van der Waals surface area contributed by atoms with Crippen LogP contribution in [0, 0.1) is 22.7 Å². The first-order valence-electron chi connectivity index (χ1n) is 24.0. The van der Waals surface area contributed by atoms with E-state index >= 15 is 0 Å². The number of benzene rings is 8. The Morgan fingerprint density at radius 3 is 0.945 bits per heavy atom. The van der Waals surface area contributed by atoms with Crippen molar-refractivity contribution in [1.82, 2.24) is 19.9 Å². The molecule has 0 atom stereocenters. The van der Waals surface area contributed by atoms with Crippen LogP contribution in [0.15, 0.2) is 231 Å². The maximum absolute atomic E-state index is 11.3. The van der Waals surface area contributed by atoms with Gasteiger partial charge in [0.15, 0.2) is 0 Å². The SMILES string of the molecule is N#Cc1c(-c2ccccc2)nc2c(ccc3c(-c4ccccc4)cc(-c4ccccc4)nc32)c1-c1ccc(-c2c(C#N)c(-c3ccccc3)nc3c2ccc2c(-c4ccccc4)cc(-c4ccccc4)nc23)s1. The largest absolute Gasteiger partial charge is 0.245 e. The lowest BCUT2D eigenvalue weighted by atomic mass is 9.92. The van der Waals surface area contributed by atoms with Gasteiger partial charge in [-0.05, 0) is 46.5 Å². The zero-order valence-electron chi connectivity index (χ0n) is 39.0. The van der Waals surface area contributed by atoms with Gasteiger partial charge in [-0.3, -0.25) is 0 Å².